The van der Waals surface area contributed by atoms with Crippen LogP contribution in [0.5, 0.6) is 0 Å². The molecule has 0 fully saturated rings. The number of unbranched alkanes of at least 4 members (excludes halogenated alkanes) is 18. The SMILES string of the molecule is C=C(C)CCCCCCCCCCCCCCCCC(=C)C[C@@H](CCC(=C)CCCCCCCCC(=C)C)C(=C)C. The maximum atomic E-state index is 4.44. The summed E-state index contributed by atoms with van der Waals surface area (Å²) in [6.07, 6.45) is 36.1. The molecule has 0 bridgehead atoms. The van der Waals surface area contributed by atoms with Crippen LogP contribution in [0.2, 0.25) is 0 Å². The van der Waals surface area contributed by atoms with E-state index in [0.717, 1.165) is 12.8 Å². The van der Waals surface area contributed by atoms with Crippen LogP contribution in [0.3, 0.4) is 0 Å². The van der Waals surface area contributed by atoms with Crippen LogP contribution in [0.15, 0.2) is 60.8 Å². The van der Waals surface area contributed by atoms with E-state index in [0.29, 0.717) is 5.92 Å². The Balaban J connectivity index is 3.66. The first-order chi connectivity index (χ1) is 19.7. The minimum Gasteiger partial charge on any atom is -0.100 e. The summed E-state index contributed by atoms with van der Waals surface area (Å²) in [5.74, 6) is 0.578. The maximum absolute atomic E-state index is 4.44. The summed E-state index contributed by atoms with van der Waals surface area (Å²) < 4.78 is 0. The fraction of sp³-hybridized carbons (Fsp3) is 0.756. The second kappa shape index (κ2) is 28.8. The molecule has 41 heavy (non-hydrogen) atoms. The first-order valence-corrected chi connectivity index (χ1v) is 18.0. The van der Waals surface area contributed by atoms with Gasteiger partial charge in [-0.05, 0) is 97.3 Å². The van der Waals surface area contributed by atoms with Gasteiger partial charge in [0, 0.05) is 0 Å². The third kappa shape index (κ3) is 30.0. The van der Waals surface area contributed by atoms with E-state index in [1.807, 2.05) is 0 Å². The molecule has 0 saturated heterocycles. The average Bonchev–Trinajstić information content (AvgIpc) is 2.91. The van der Waals surface area contributed by atoms with Crippen LogP contribution in [0.4, 0.5) is 0 Å². The van der Waals surface area contributed by atoms with E-state index in [2.05, 4.69) is 53.7 Å². The van der Waals surface area contributed by atoms with Gasteiger partial charge >= 0.3 is 0 Å². The lowest BCUT2D eigenvalue weighted by atomic mass is 9.86. The molecule has 0 unspecified atom stereocenters. The Hall–Kier alpha value is -1.30. The van der Waals surface area contributed by atoms with Crippen LogP contribution in [0.25, 0.3) is 0 Å². The lowest BCUT2D eigenvalue weighted by molar-refractivity contribution is 0.520. The van der Waals surface area contributed by atoms with E-state index in [1.54, 1.807) is 0 Å². The van der Waals surface area contributed by atoms with Crippen molar-refractivity contribution in [1.29, 1.82) is 0 Å². The van der Waals surface area contributed by atoms with E-state index in [9.17, 15) is 0 Å². The van der Waals surface area contributed by atoms with Crippen molar-refractivity contribution < 1.29 is 0 Å². The van der Waals surface area contributed by atoms with Crippen molar-refractivity contribution in [3.8, 4) is 0 Å². The highest BCUT2D eigenvalue weighted by molar-refractivity contribution is 5.07. The second-order valence-electron chi connectivity index (χ2n) is 13.8. The van der Waals surface area contributed by atoms with E-state index in [-0.39, 0.29) is 0 Å². The highest BCUT2D eigenvalue weighted by atomic mass is 14.2. The van der Waals surface area contributed by atoms with Crippen molar-refractivity contribution in [2.75, 3.05) is 0 Å². The van der Waals surface area contributed by atoms with Gasteiger partial charge in [0.2, 0.25) is 0 Å². The molecule has 0 N–H and O–H groups in total. The minimum atomic E-state index is 0.578. The van der Waals surface area contributed by atoms with Gasteiger partial charge in [0.05, 0.1) is 0 Å². The van der Waals surface area contributed by atoms with Gasteiger partial charge in [-0.2, -0.15) is 0 Å². The maximum Gasteiger partial charge on any atom is -0.0168 e. The molecule has 0 aliphatic heterocycles. The summed E-state index contributed by atoms with van der Waals surface area (Å²) in [6, 6.07) is 0. The lowest BCUT2D eigenvalue weighted by Crippen LogP contribution is -2.04. The normalized spacial score (nSPS) is 11.9. The quantitative estimate of drug-likeness (QED) is 0.0561. The molecule has 0 amide bonds. The molecule has 1 atom stereocenters. The Bertz CT molecular complexity index is 689. The Morgan fingerprint density at radius 2 is 0.659 bits per heavy atom. The molecule has 0 heteroatoms. The van der Waals surface area contributed by atoms with Crippen LogP contribution in [0.1, 0.15) is 194 Å². The van der Waals surface area contributed by atoms with Gasteiger partial charge in [0.15, 0.2) is 0 Å². The molecular formula is C41H74. The molecule has 0 rings (SSSR count). The molecule has 0 nitrogen and oxygen atoms in total. The highest BCUT2D eigenvalue weighted by Gasteiger charge is 2.12. The third-order valence-electron chi connectivity index (χ3n) is 8.85. The van der Waals surface area contributed by atoms with Gasteiger partial charge in [0.25, 0.3) is 0 Å². The average molecular weight is 567 g/mol. The summed E-state index contributed by atoms with van der Waals surface area (Å²) in [6.45, 7) is 27.6. The molecule has 0 aromatic carbocycles. The standard InChI is InChI=1S/C41H74/c1-36(2)29-25-21-17-15-13-11-9-10-12-14-16-18-24-28-32-40(8)35-41(38(5)6)34-33-39(7)31-27-23-20-19-22-26-30-37(3)4/h41H,1,3,5,7-35H2,2,4,6H3/t41-/m1/s1. The smallest absolute Gasteiger partial charge is 0.0168 e. The molecule has 0 saturated carbocycles. The molecule has 0 spiro atoms. The molecule has 0 heterocycles. The van der Waals surface area contributed by atoms with E-state index in [4.69, 9.17) is 0 Å². The van der Waals surface area contributed by atoms with Gasteiger partial charge in [-0.15, -0.1) is 13.2 Å². The Kier molecular flexibility index (Phi) is 27.9. The van der Waals surface area contributed by atoms with Crippen LogP contribution in [-0.2, 0) is 0 Å². The van der Waals surface area contributed by atoms with Gasteiger partial charge in [-0.1, -0.05) is 150 Å². The summed E-state index contributed by atoms with van der Waals surface area (Å²) in [5, 5.41) is 0. The molecule has 0 aromatic rings. The molecular weight excluding hydrogens is 492 g/mol. The Morgan fingerprint density at radius 1 is 0.366 bits per heavy atom. The number of rotatable bonds is 32. The number of allylic oxidation sites excluding steroid dienone is 5. The van der Waals surface area contributed by atoms with Crippen LogP contribution < -0.4 is 0 Å². The molecule has 0 aromatic heterocycles. The van der Waals surface area contributed by atoms with Crippen LogP contribution >= 0.6 is 0 Å². The van der Waals surface area contributed by atoms with Crippen molar-refractivity contribution in [2.45, 2.75) is 194 Å². The van der Waals surface area contributed by atoms with Gasteiger partial charge < -0.3 is 0 Å². The topological polar surface area (TPSA) is 0 Å². The van der Waals surface area contributed by atoms with Gasteiger partial charge in [0.1, 0.15) is 0 Å². The highest BCUT2D eigenvalue weighted by Crippen LogP contribution is 2.28. The monoisotopic (exact) mass is 567 g/mol. The van der Waals surface area contributed by atoms with Crippen LogP contribution in [0, 0.1) is 5.92 Å². The number of hydrogen-bond donors (Lipinski definition) is 0. The Morgan fingerprint density at radius 3 is 0.976 bits per heavy atom. The van der Waals surface area contributed by atoms with Crippen molar-refractivity contribution in [2.24, 2.45) is 5.92 Å². The minimum absolute atomic E-state index is 0.578. The van der Waals surface area contributed by atoms with E-state index >= 15 is 0 Å². The summed E-state index contributed by atoms with van der Waals surface area (Å²) in [4.78, 5) is 0. The molecule has 0 radical (unpaired) electrons. The lowest BCUT2D eigenvalue weighted by Gasteiger charge is -2.19. The van der Waals surface area contributed by atoms with Crippen molar-refractivity contribution >= 4 is 0 Å². The zero-order valence-corrected chi connectivity index (χ0v) is 28.7. The molecule has 0 aliphatic carbocycles. The zero-order valence-electron chi connectivity index (χ0n) is 28.7. The summed E-state index contributed by atoms with van der Waals surface area (Å²) in [5.41, 5.74) is 6.87. The van der Waals surface area contributed by atoms with Crippen molar-refractivity contribution in [3.63, 3.8) is 0 Å². The summed E-state index contributed by atoms with van der Waals surface area (Å²) >= 11 is 0. The predicted molar refractivity (Wildman–Crippen MR) is 191 cm³/mol. The Labute approximate surface area is 260 Å². The van der Waals surface area contributed by atoms with E-state index < -0.39 is 0 Å². The fourth-order valence-electron chi connectivity index (χ4n) is 5.91. The van der Waals surface area contributed by atoms with Crippen LogP contribution in [-0.4, -0.2) is 0 Å². The number of hydrogen-bond acceptors (Lipinski definition) is 0. The third-order valence-corrected chi connectivity index (χ3v) is 8.85. The fourth-order valence-corrected chi connectivity index (χ4v) is 5.91. The van der Waals surface area contributed by atoms with Crippen molar-refractivity contribution in [1.82, 2.24) is 0 Å². The van der Waals surface area contributed by atoms with E-state index in [1.165, 1.54) is 188 Å². The van der Waals surface area contributed by atoms with Gasteiger partial charge in [-0.3, -0.25) is 0 Å². The van der Waals surface area contributed by atoms with Gasteiger partial charge in [-0.25, -0.2) is 0 Å². The zero-order chi connectivity index (χ0) is 30.6. The summed E-state index contributed by atoms with van der Waals surface area (Å²) in [7, 11) is 0. The predicted octanol–water partition coefficient (Wildman–Crippen LogP) is 15.0. The first-order valence-electron chi connectivity index (χ1n) is 18.0. The molecule has 238 valence electrons. The van der Waals surface area contributed by atoms with Crippen molar-refractivity contribution in [3.05, 3.63) is 60.8 Å². The first kappa shape index (κ1) is 39.7. The molecule has 0 aliphatic rings. The largest absolute Gasteiger partial charge is 0.100 e. The second-order valence-corrected chi connectivity index (χ2v) is 13.8.